The molecule has 134 valence electrons. The lowest BCUT2D eigenvalue weighted by atomic mass is 9.86. The SMILES string of the molecule is C[C@@H]1CCCC[C@@H]1NC(=O)CSc1nnc(Nc2cccc(F)c2)s1. The van der Waals surface area contributed by atoms with Crippen LogP contribution >= 0.6 is 23.1 Å². The molecule has 1 aliphatic carbocycles. The van der Waals surface area contributed by atoms with E-state index in [-0.39, 0.29) is 11.7 Å². The van der Waals surface area contributed by atoms with Crippen molar-refractivity contribution in [2.75, 3.05) is 11.1 Å². The summed E-state index contributed by atoms with van der Waals surface area (Å²) >= 11 is 2.72. The van der Waals surface area contributed by atoms with Crippen molar-refractivity contribution >= 4 is 39.8 Å². The van der Waals surface area contributed by atoms with E-state index in [1.807, 2.05) is 0 Å². The largest absolute Gasteiger partial charge is 0.352 e. The number of hydrogen-bond acceptors (Lipinski definition) is 6. The van der Waals surface area contributed by atoms with Gasteiger partial charge in [-0.05, 0) is 37.0 Å². The maximum atomic E-state index is 13.2. The molecule has 1 aromatic carbocycles. The van der Waals surface area contributed by atoms with Crippen molar-refractivity contribution in [3.05, 3.63) is 30.1 Å². The second kappa shape index (κ2) is 8.62. The molecular weight excluding hydrogens is 359 g/mol. The van der Waals surface area contributed by atoms with E-state index < -0.39 is 0 Å². The van der Waals surface area contributed by atoms with Crippen molar-refractivity contribution in [2.24, 2.45) is 5.92 Å². The van der Waals surface area contributed by atoms with Crippen molar-refractivity contribution in [3.8, 4) is 0 Å². The summed E-state index contributed by atoms with van der Waals surface area (Å²) in [6, 6.07) is 6.47. The fourth-order valence-corrected chi connectivity index (χ4v) is 4.50. The fraction of sp³-hybridized carbons (Fsp3) is 0.471. The second-order valence-electron chi connectivity index (χ2n) is 6.23. The number of hydrogen-bond donors (Lipinski definition) is 2. The lowest BCUT2D eigenvalue weighted by Gasteiger charge is -2.29. The summed E-state index contributed by atoms with van der Waals surface area (Å²) in [7, 11) is 0. The van der Waals surface area contributed by atoms with E-state index in [0.717, 1.165) is 6.42 Å². The Morgan fingerprint density at radius 3 is 3.00 bits per heavy atom. The van der Waals surface area contributed by atoms with Crippen LogP contribution in [0.25, 0.3) is 0 Å². The van der Waals surface area contributed by atoms with Gasteiger partial charge in [0.1, 0.15) is 5.82 Å². The number of anilines is 2. The molecule has 1 aliphatic rings. The van der Waals surface area contributed by atoms with Gasteiger partial charge in [-0.2, -0.15) is 0 Å². The molecule has 2 aromatic rings. The first-order chi connectivity index (χ1) is 12.1. The Bertz CT molecular complexity index is 724. The van der Waals surface area contributed by atoms with E-state index in [4.69, 9.17) is 0 Å². The molecule has 1 saturated carbocycles. The van der Waals surface area contributed by atoms with Crippen molar-refractivity contribution in [2.45, 2.75) is 43.0 Å². The zero-order valence-corrected chi connectivity index (χ0v) is 15.6. The quantitative estimate of drug-likeness (QED) is 0.735. The van der Waals surface area contributed by atoms with E-state index in [0.29, 0.717) is 32.9 Å². The first-order valence-corrected chi connectivity index (χ1v) is 10.2. The summed E-state index contributed by atoms with van der Waals surface area (Å²) in [5.74, 6) is 0.611. The lowest BCUT2D eigenvalue weighted by molar-refractivity contribution is -0.119. The Labute approximate surface area is 154 Å². The molecule has 0 spiro atoms. The van der Waals surface area contributed by atoms with Gasteiger partial charge in [0.05, 0.1) is 5.75 Å². The first-order valence-electron chi connectivity index (χ1n) is 8.38. The van der Waals surface area contributed by atoms with Crippen molar-refractivity contribution in [1.29, 1.82) is 0 Å². The van der Waals surface area contributed by atoms with Gasteiger partial charge in [0, 0.05) is 11.7 Å². The molecule has 2 N–H and O–H groups in total. The van der Waals surface area contributed by atoms with Crippen LogP contribution in [0, 0.1) is 11.7 Å². The molecule has 1 heterocycles. The number of carbonyl (C=O) groups is 1. The number of aromatic nitrogens is 2. The molecule has 0 unspecified atom stereocenters. The average molecular weight is 381 g/mol. The summed E-state index contributed by atoms with van der Waals surface area (Å²) in [6.07, 6.45) is 4.70. The highest BCUT2D eigenvalue weighted by Crippen LogP contribution is 2.28. The van der Waals surface area contributed by atoms with Gasteiger partial charge < -0.3 is 10.6 Å². The standard InChI is InChI=1S/C17H21FN4OS2/c1-11-5-2-3-8-14(11)20-15(23)10-24-17-22-21-16(25-17)19-13-7-4-6-12(18)9-13/h4,6-7,9,11,14H,2-3,5,8,10H2,1H3,(H,19,21)(H,20,23)/t11-,14+/m1/s1. The maximum Gasteiger partial charge on any atom is 0.230 e. The van der Waals surface area contributed by atoms with Gasteiger partial charge in [0.15, 0.2) is 4.34 Å². The molecule has 0 bridgehead atoms. The van der Waals surface area contributed by atoms with Crippen LogP contribution in [0.3, 0.4) is 0 Å². The summed E-state index contributed by atoms with van der Waals surface area (Å²) < 4.78 is 13.9. The zero-order valence-electron chi connectivity index (χ0n) is 14.0. The zero-order chi connectivity index (χ0) is 17.6. The number of nitrogens with zero attached hydrogens (tertiary/aromatic N) is 2. The van der Waals surface area contributed by atoms with E-state index in [1.54, 1.807) is 12.1 Å². The fourth-order valence-electron chi connectivity index (χ4n) is 2.91. The number of rotatable bonds is 6. The van der Waals surface area contributed by atoms with Crippen LogP contribution in [-0.2, 0) is 4.79 Å². The Morgan fingerprint density at radius 1 is 1.36 bits per heavy atom. The Kier molecular flexibility index (Phi) is 6.25. The van der Waals surface area contributed by atoms with Gasteiger partial charge in [0.2, 0.25) is 11.0 Å². The number of amides is 1. The molecule has 2 atom stereocenters. The van der Waals surface area contributed by atoms with Crippen molar-refractivity contribution < 1.29 is 9.18 Å². The summed E-state index contributed by atoms with van der Waals surface area (Å²) in [6.45, 7) is 2.20. The van der Waals surface area contributed by atoms with E-state index in [1.165, 1.54) is 54.5 Å². The summed E-state index contributed by atoms with van der Waals surface area (Å²) in [5.41, 5.74) is 0.622. The first kappa shape index (κ1) is 18.1. The van der Waals surface area contributed by atoms with Gasteiger partial charge in [0.25, 0.3) is 0 Å². The van der Waals surface area contributed by atoms with Crippen LogP contribution in [0.15, 0.2) is 28.6 Å². The number of nitrogens with one attached hydrogen (secondary N) is 2. The topological polar surface area (TPSA) is 66.9 Å². The number of benzene rings is 1. The van der Waals surface area contributed by atoms with Gasteiger partial charge in [-0.25, -0.2) is 4.39 Å². The maximum absolute atomic E-state index is 13.2. The van der Waals surface area contributed by atoms with E-state index in [2.05, 4.69) is 27.8 Å². The van der Waals surface area contributed by atoms with E-state index >= 15 is 0 Å². The van der Waals surface area contributed by atoms with Crippen LogP contribution in [0.5, 0.6) is 0 Å². The van der Waals surface area contributed by atoms with Crippen LogP contribution in [-0.4, -0.2) is 27.9 Å². The third kappa shape index (κ3) is 5.40. The predicted molar refractivity (Wildman–Crippen MR) is 99.9 cm³/mol. The van der Waals surface area contributed by atoms with Crippen LogP contribution in [0.1, 0.15) is 32.6 Å². The van der Waals surface area contributed by atoms with Gasteiger partial charge in [-0.3, -0.25) is 4.79 Å². The normalized spacial score (nSPS) is 20.2. The monoisotopic (exact) mass is 380 g/mol. The predicted octanol–water partition coefficient (Wildman–Crippen LogP) is 4.21. The van der Waals surface area contributed by atoms with Gasteiger partial charge >= 0.3 is 0 Å². The molecule has 25 heavy (non-hydrogen) atoms. The van der Waals surface area contributed by atoms with Crippen LogP contribution < -0.4 is 10.6 Å². The van der Waals surface area contributed by atoms with Crippen LogP contribution in [0.2, 0.25) is 0 Å². The molecule has 1 amide bonds. The van der Waals surface area contributed by atoms with Gasteiger partial charge in [-0.15, -0.1) is 10.2 Å². The minimum atomic E-state index is -0.308. The highest BCUT2D eigenvalue weighted by Gasteiger charge is 2.22. The lowest BCUT2D eigenvalue weighted by Crippen LogP contribution is -2.41. The summed E-state index contributed by atoms with van der Waals surface area (Å²) in [5, 5.41) is 14.8. The number of halogens is 1. The highest BCUT2D eigenvalue weighted by molar-refractivity contribution is 8.01. The minimum Gasteiger partial charge on any atom is -0.352 e. The third-order valence-electron chi connectivity index (χ3n) is 4.27. The van der Waals surface area contributed by atoms with Crippen LogP contribution in [0.4, 0.5) is 15.2 Å². The van der Waals surface area contributed by atoms with Crippen molar-refractivity contribution in [1.82, 2.24) is 15.5 Å². The Balaban J connectivity index is 1.47. The molecule has 1 fully saturated rings. The smallest absolute Gasteiger partial charge is 0.230 e. The summed E-state index contributed by atoms with van der Waals surface area (Å²) in [4.78, 5) is 12.1. The molecule has 8 heteroatoms. The molecule has 5 nitrogen and oxygen atoms in total. The van der Waals surface area contributed by atoms with Gasteiger partial charge in [-0.1, -0.05) is 48.9 Å². The number of carbonyl (C=O) groups excluding carboxylic acids is 1. The third-order valence-corrected chi connectivity index (χ3v) is 6.24. The van der Waals surface area contributed by atoms with E-state index in [9.17, 15) is 9.18 Å². The highest BCUT2D eigenvalue weighted by atomic mass is 32.2. The molecule has 0 aliphatic heterocycles. The molecular formula is C17H21FN4OS2. The molecule has 3 rings (SSSR count). The number of thioether (sulfide) groups is 1. The Hall–Kier alpha value is -1.67. The molecule has 0 radical (unpaired) electrons. The van der Waals surface area contributed by atoms with Crippen molar-refractivity contribution in [3.63, 3.8) is 0 Å². The second-order valence-corrected chi connectivity index (χ2v) is 8.43. The minimum absolute atomic E-state index is 0.0404. The molecule has 1 aromatic heterocycles. The average Bonchev–Trinajstić information content (AvgIpc) is 3.03. The molecule has 0 saturated heterocycles. The Morgan fingerprint density at radius 2 is 2.20 bits per heavy atom.